The Morgan fingerprint density at radius 1 is 1.47 bits per heavy atom. The van der Waals surface area contributed by atoms with E-state index in [4.69, 9.17) is 5.11 Å². The van der Waals surface area contributed by atoms with Crippen molar-refractivity contribution in [1.82, 2.24) is 4.90 Å². The maximum Gasteiger partial charge on any atom is 0.264 e. The smallest absolute Gasteiger partial charge is 0.264 e. The molecule has 1 amide bonds. The molecule has 0 spiro atoms. The van der Waals surface area contributed by atoms with E-state index < -0.39 is 0 Å². The number of carbonyl (C=O) groups excluding carboxylic acids is 1. The van der Waals surface area contributed by atoms with Gasteiger partial charge in [-0.2, -0.15) is 11.8 Å². The SMILES string of the molecule is CCCCN(CCO)C(=O)c1cc2c(s1)CCSC2. The third kappa shape index (κ3) is 3.74. The van der Waals surface area contributed by atoms with Crippen LogP contribution in [0.5, 0.6) is 0 Å². The van der Waals surface area contributed by atoms with Gasteiger partial charge in [-0.25, -0.2) is 0 Å². The van der Waals surface area contributed by atoms with Gasteiger partial charge in [0.15, 0.2) is 0 Å². The fourth-order valence-corrected chi connectivity index (χ4v) is 4.53. The molecule has 0 bridgehead atoms. The lowest BCUT2D eigenvalue weighted by atomic mass is 10.2. The fraction of sp³-hybridized carbons (Fsp3) is 0.643. The molecule has 5 heteroatoms. The van der Waals surface area contributed by atoms with Crippen molar-refractivity contribution in [1.29, 1.82) is 0 Å². The van der Waals surface area contributed by atoms with E-state index in [1.165, 1.54) is 10.4 Å². The first-order valence-electron chi connectivity index (χ1n) is 6.85. The van der Waals surface area contributed by atoms with Gasteiger partial charge in [0.25, 0.3) is 5.91 Å². The summed E-state index contributed by atoms with van der Waals surface area (Å²) < 4.78 is 0. The molecule has 0 unspecified atom stereocenters. The lowest BCUT2D eigenvalue weighted by Gasteiger charge is -2.20. The third-order valence-electron chi connectivity index (χ3n) is 3.28. The van der Waals surface area contributed by atoms with Crippen LogP contribution in [-0.4, -0.2) is 41.4 Å². The second kappa shape index (κ2) is 7.31. The van der Waals surface area contributed by atoms with Gasteiger partial charge in [0.1, 0.15) is 0 Å². The molecule has 19 heavy (non-hydrogen) atoms. The summed E-state index contributed by atoms with van der Waals surface area (Å²) in [5.74, 6) is 2.29. The maximum absolute atomic E-state index is 12.5. The van der Waals surface area contributed by atoms with E-state index in [2.05, 4.69) is 13.0 Å². The molecule has 0 aromatic carbocycles. The summed E-state index contributed by atoms with van der Waals surface area (Å²) in [5, 5.41) is 9.10. The average Bonchev–Trinajstić information content (AvgIpc) is 2.86. The Balaban J connectivity index is 2.09. The Morgan fingerprint density at radius 2 is 2.32 bits per heavy atom. The van der Waals surface area contributed by atoms with E-state index in [9.17, 15) is 4.79 Å². The van der Waals surface area contributed by atoms with Crippen molar-refractivity contribution in [3.8, 4) is 0 Å². The number of carbonyl (C=O) groups is 1. The third-order valence-corrected chi connectivity index (χ3v) is 5.51. The molecule has 106 valence electrons. The van der Waals surface area contributed by atoms with Gasteiger partial charge in [0, 0.05) is 23.7 Å². The van der Waals surface area contributed by atoms with Gasteiger partial charge < -0.3 is 10.0 Å². The van der Waals surface area contributed by atoms with Crippen molar-refractivity contribution in [2.75, 3.05) is 25.4 Å². The van der Waals surface area contributed by atoms with Gasteiger partial charge >= 0.3 is 0 Å². The van der Waals surface area contributed by atoms with Crippen LogP contribution in [0.4, 0.5) is 0 Å². The summed E-state index contributed by atoms with van der Waals surface area (Å²) in [4.78, 5) is 16.5. The standard InChI is InChI=1S/C14H21NO2S2/c1-2-3-5-15(6-7-16)14(17)13-9-11-10-18-8-4-12(11)19-13/h9,16H,2-8,10H2,1H3. The molecule has 1 aliphatic rings. The number of unbranched alkanes of at least 4 members (excludes halogenated alkanes) is 1. The molecule has 0 aliphatic carbocycles. The molecule has 2 rings (SSSR count). The van der Waals surface area contributed by atoms with Gasteiger partial charge in [-0.05, 0) is 30.2 Å². The van der Waals surface area contributed by atoms with Gasteiger partial charge in [0.2, 0.25) is 0 Å². The number of amides is 1. The number of aryl methyl sites for hydroxylation is 1. The number of fused-ring (bicyclic) bond motifs is 1. The van der Waals surface area contributed by atoms with Crippen LogP contribution in [0.25, 0.3) is 0 Å². The molecule has 3 nitrogen and oxygen atoms in total. The summed E-state index contributed by atoms with van der Waals surface area (Å²) in [6, 6.07) is 2.06. The first-order valence-corrected chi connectivity index (χ1v) is 8.82. The highest BCUT2D eigenvalue weighted by Gasteiger charge is 2.21. The van der Waals surface area contributed by atoms with Gasteiger partial charge in [0.05, 0.1) is 11.5 Å². The first-order chi connectivity index (χ1) is 9.26. The highest BCUT2D eigenvalue weighted by atomic mass is 32.2. The molecule has 0 radical (unpaired) electrons. The Kier molecular flexibility index (Phi) is 5.73. The van der Waals surface area contributed by atoms with E-state index in [1.54, 1.807) is 16.2 Å². The predicted molar refractivity (Wildman–Crippen MR) is 82.1 cm³/mol. The Labute approximate surface area is 123 Å². The van der Waals surface area contributed by atoms with Crippen LogP contribution >= 0.6 is 23.1 Å². The molecule has 1 aromatic heterocycles. The number of aliphatic hydroxyl groups is 1. The lowest BCUT2D eigenvalue weighted by Crippen LogP contribution is -2.33. The number of aliphatic hydroxyl groups excluding tert-OH is 1. The monoisotopic (exact) mass is 299 g/mol. The fourth-order valence-electron chi connectivity index (χ4n) is 2.19. The molecule has 1 N–H and O–H groups in total. The summed E-state index contributed by atoms with van der Waals surface area (Å²) in [5.41, 5.74) is 1.34. The molecule has 0 saturated carbocycles. The summed E-state index contributed by atoms with van der Waals surface area (Å²) >= 11 is 3.58. The second-order valence-electron chi connectivity index (χ2n) is 4.73. The molecule has 0 saturated heterocycles. The molecule has 1 aromatic rings. The molecule has 2 heterocycles. The zero-order valence-electron chi connectivity index (χ0n) is 11.4. The van der Waals surface area contributed by atoms with Gasteiger partial charge in [-0.3, -0.25) is 4.79 Å². The normalized spacial score (nSPS) is 14.2. The minimum absolute atomic E-state index is 0.0381. The quantitative estimate of drug-likeness (QED) is 0.878. The molecule has 0 atom stereocenters. The number of thioether (sulfide) groups is 1. The van der Waals surface area contributed by atoms with E-state index in [-0.39, 0.29) is 12.5 Å². The van der Waals surface area contributed by atoms with Crippen LogP contribution < -0.4 is 0 Å². The number of nitrogens with zero attached hydrogens (tertiary/aromatic N) is 1. The number of rotatable bonds is 6. The van der Waals surface area contributed by atoms with Crippen molar-refractivity contribution in [3.63, 3.8) is 0 Å². The van der Waals surface area contributed by atoms with E-state index in [0.717, 1.165) is 42.2 Å². The highest BCUT2D eigenvalue weighted by Crippen LogP contribution is 2.32. The van der Waals surface area contributed by atoms with Crippen LogP contribution in [0.15, 0.2) is 6.07 Å². The highest BCUT2D eigenvalue weighted by molar-refractivity contribution is 7.98. The number of hydrogen-bond donors (Lipinski definition) is 1. The molecular weight excluding hydrogens is 278 g/mol. The minimum Gasteiger partial charge on any atom is -0.395 e. The second-order valence-corrected chi connectivity index (χ2v) is 6.97. The first kappa shape index (κ1) is 14.9. The van der Waals surface area contributed by atoms with Crippen molar-refractivity contribution >= 4 is 29.0 Å². The van der Waals surface area contributed by atoms with Crippen molar-refractivity contribution < 1.29 is 9.90 Å². The minimum atomic E-state index is 0.0381. The zero-order valence-corrected chi connectivity index (χ0v) is 13.0. The van der Waals surface area contributed by atoms with Crippen LogP contribution in [0.2, 0.25) is 0 Å². The molecule has 1 aliphatic heterocycles. The van der Waals surface area contributed by atoms with Crippen LogP contribution in [0.3, 0.4) is 0 Å². The van der Waals surface area contributed by atoms with Crippen LogP contribution in [-0.2, 0) is 12.2 Å². The summed E-state index contributed by atoms with van der Waals surface area (Å²) in [6.45, 7) is 3.34. The van der Waals surface area contributed by atoms with E-state index in [1.807, 2.05) is 11.8 Å². The van der Waals surface area contributed by atoms with Crippen LogP contribution in [0, 0.1) is 0 Å². The average molecular weight is 299 g/mol. The van der Waals surface area contributed by atoms with Gasteiger partial charge in [-0.1, -0.05) is 13.3 Å². The van der Waals surface area contributed by atoms with Crippen molar-refractivity contribution in [2.45, 2.75) is 31.9 Å². The Morgan fingerprint density at radius 3 is 3.00 bits per heavy atom. The van der Waals surface area contributed by atoms with Crippen molar-refractivity contribution in [3.05, 3.63) is 21.4 Å². The number of thiophene rings is 1. The van der Waals surface area contributed by atoms with E-state index in [0.29, 0.717) is 6.54 Å². The molecular formula is C14H21NO2S2. The summed E-state index contributed by atoms with van der Waals surface area (Å²) in [6.07, 6.45) is 3.15. The summed E-state index contributed by atoms with van der Waals surface area (Å²) in [7, 11) is 0. The van der Waals surface area contributed by atoms with E-state index >= 15 is 0 Å². The largest absolute Gasteiger partial charge is 0.395 e. The van der Waals surface area contributed by atoms with Gasteiger partial charge in [-0.15, -0.1) is 11.3 Å². The zero-order chi connectivity index (χ0) is 13.7. The topological polar surface area (TPSA) is 40.5 Å². The van der Waals surface area contributed by atoms with Crippen LogP contribution in [0.1, 0.15) is 39.9 Å². The maximum atomic E-state index is 12.5. The molecule has 0 fully saturated rings. The predicted octanol–water partition coefficient (Wildman–Crippen LogP) is 2.77. The number of hydrogen-bond acceptors (Lipinski definition) is 4. The lowest BCUT2D eigenvalue weighted by molar-refractivity contribution is 0.0724. The van der Waals surface area contributed by atoms with Crippen molar-refractivity contribution in [2.24, 2.45) is 0 Å². The Bertz CT molecular complexity index is 408. The Hall–Kier alpha value is -0.520.